The van der Waals surface area contributed by atoms with E-state index in [1.807, 2.05) is 32.9 Å². The normalized spacial score (nSPS) is 12.6. The fourth-order valence-electron chi connectivity index (χ4n) is 4.58. The van der Waals surface area contributed by atoms with Crippen molar-refractivity contribution in [2.24, 2.45) is 0 Å². The molecule has 0 bridgehead atoms. The molecule has 1 unspecified atom stereocenters. The fraction of sp³-hybridized carbons (Fsp3) is 0.241. The molecule has 0 amide bonds. The monoisotopic (exact) mass is 612 g/mol. The average Bonchev–Trinajstić information content (AvgIpc) is 3.21. The van der Waals surface area contributed by atoms with Gasteiger partial charge in [-0.1, -0.05) is 57.9 Å². The number of aromatic nitrogens is 1. The van der Waals surface area contributed by atoms with E-state index in [0.29, 0.717) is 11.1 Å². The molecule has 4 rings (SSSR count). The van der Waals surface area contributed by atoms with Crippen molar-refractivity contribution in [1.29, 1.82) is 0 Å². The van der Waals surface area contributed by atoms with Crippen LogP contribution in [0.5, 0.6) is 0 Å². The molecular formula is C29H29BrN2O6S. The molecule has 10 heteroatoms. The van der Waals surface area contributed by atoms with Crippen molar-refractivity contribution in [3.8, 4) is 0 Å². The SMILES string of the molecule is COC(=O)C(C(=O)OC)N(C(c1ccc(Br)cc1)c1ccc2c(C)c(C)[nH]c2c1)S(=O)(=O)c1ccc(C)cc1. The molecule has 0 saturated carbocycles. The van der Waals surface area contributed by atoms with Gasteiger partial charge in [-0.3, -0.25) is 0 Å². The lowest BCUT2D eigenvalue weighted by Crippen LogP contribution is -2.52. The molecule has 0 saturated heterocycles. The number of halogens is 1. The van der Waals surface area contributed by atoms with Gasteiger partial charge in [-0.05, 0) is 67.8 Å². The van der Waals surface area contributed by atoms with Crippen LogP contribution < -0.4 is 0 Å². The van der Waals surface area contributed by atoms with E-state index in [1.165, 1.54) is 12.1 Å². The van der Waals surface area contributed by atoms with Crippen LogP contribution in [-0.4, -0.2) is 49.9 Å². The molecule has 204 valence electrons. The molecule has 1 N–H and O–H groups in total. The number of aryl methyl sites for hydroxylation is 3. The van der Waals surface area contributed by atoms with Crippen LogP contribution in [-0.2, 0) is 29.1 Å². The van der Waals surface area contributed by atoms with Gasteiger partial charge in [0.2, 0.25) is 16.1 Å². The summed E-state index contributed by atoms with van der Waals surface area (Å²) in [5, 5.41) is 0.983. The number of fused-ring (bicyclic) bond motifs is 1. The summed E-state index contributed by atoms with van der Waals surface area (Å²) >= 11 is 3.43. The van der Waals surface area contributed by atoms with Crippen LogP contribution in [0.15, 0.2) is 76.1 Å². The van der Waals surface area contributed by atoms with E-state index < -0.39 is 34.0 Å². The van der Waals surface area contributed by atoms with Gasteiger partial charge in [0.15, 0.2) is 0 Å². The zero-order chi connectivity index (χ0) is 28.5. The predicted molar refractivity (Wildman–Crippen MR) is 152 cm³/mol. The van der Waals surface area contributed by atoms with Crippen molar-refractivity contribution in [2.45, 2.75) is 37.8 Å². The van der Waals surface area contributed by atoms with E-state index >= 15 is 0 Å². The standard InChI is InChI=1S/C29H29BrN2O6S/c1-17-6-13-23(14-7-17)39(35,36)32(27(28(33)37-4)29(34)38-5)26(20-8-11-22(30)12-9-20)21-10-15-24-18(2)19(3)31-25(24)16-21/h6-16,26-27,31H,1-5H3. The van der Waals surface area contributed by atoms with Gasteiger partial charge >= 0.3 is 11.9 Å². The topological polar surface area (TPSA) is 106 Å². The third kappa shape index (κ3) is 5.50. The molecule has 4 aromatic rings. The Bertz CT molecular complexity index is 1610. The molecule has 1 aromatic heterocycles. The van der Waals surface area contributed by atoms with Gasteiger partial charge < -0.3 is 14.5 Å². The summed E-state index contributed by atoms with van der Waals surface area (Å²) in [6.07, 6.45) is 0. The quantitative estimate of drug-likeness (QED) is 0.212. The Balaban J connectivity index is 2.07. The Morgan fingerprint density at radius 1 is 0.846 bits per heavy atom. The summed E-state index contributed by atoms with van der Waals surface area (Å²) in [7, 11) is -2.28. The maximum absolute atomic E-state index is 14.4. The maximum Gasteiger partial charge on any atom is 0.335 e. The van der Waals surface area contributed by atoms with Crippen molar-refractivity contribution in [3.05, 3.63) is 99.2 Å². The summed E-state index contributed by atoms with van der Waals surface area (Å²) in [6, 6.07) is 15.8. The number of hydrogen-bond acceptors (Lipinski definition) is 6. The number of hydrogen-bond donors (Lipinski definition) is 1. The third-order valence-corrected chi connectivity index (χ3v) is 9.16. The molecule has 0 fully saturated rings. The number of rotatable bonds is 8. The highest BCUT2D eigenvalue weighted by Gasteiger charge is 2.47. The van der Waals surface area contributed by atoms with Gasteiger partial charge in [0.25, 0.3) is 0 Å². The van der Waals surface area contributed by atoms with Crippen LogP contribution in [0.25, 0.3) is 10.9 Å². The van der Waals surface area contributed by atoms with Gasteiger partial charge in [0.05, 0.1) is 25.2 Å². The number of nitrogens with one attached hydrogen (secondary N) is 1. The number of aromatic amines is 1. The van der Waals surface area contributed by atoms with Crippen molar-refractivity contribution in [2.75, 3.05) is 14.2 Å². The number of carbonyl (C=O) groups is 2. The number of esters is 2. The second-order valence-corrected chi connectivity index (χ2v) is 12.0. The summed E-state index contributed by atoms with van der Waals surface area (Å²) in [4.78, 5) is 29.5. The van der Waals surface area contributed by atoms with Crippen molar-refractivity contribution in [1.82, 2.24) is 9.29 Å². The van der Waals surface area contributed by atoms with Gasteiger partial charge in [-0.2, -0.15) is 4.31 Å². The smallest absolute Gasteiger partial charge is 0.335 e. The molecule has 0 spiro atoms. The predicted octanol–water partition coefficient (Wildman–Crippen LogP) is 5.35. The number of H-pyrrole nitrogens is 1. The summed E-state index contributed by atoms with van der Waals surface area (Å²) < 4.78 is 40.3. The first kappa shape index (κ1) is 28.5. The molecular weight excluding hydrogens is 584 g/mol. The Hall–Kier alpha value is -3.47. The molecule has 3 aromatic carbocycles. The second-order valence-electron chi connectivity index (χ2n) is 9.23. The lowest BCUT2D eigenvalue weighted by atomic mass is 9.96. The zero-order valence-corrected chi connectivity index (χ0v) is 24.6. The third-order valence-electron chi connectivity index (χ3n) is 6.79. The zero-order valence-electron chi connectivity index (χ0n) is 22.2. The van der Waals surface area contributed by atoms with Crippen molar-refractivity contribution < 1.29 is 27.5 Å². The first-order valence-electron chi connectivity index (χ1n) is 12.1. The molecule has 0 aliphatic carbocycles. The highest BCUT2D eigenvalue weighted by Crippen LogP contribution is 2.38. The van der Waals surface area contributed by atoms with Crippen LogP contribution in [0.4, 0.5) is 0 Å². The van der Waals surface area contributed by atoms with Crippen molar-refractivity contribution >= 4 is 48.8 Å². The van der Waals surface area contributed by atoms with Crippen LogP contribution in [0.3, 0.4) is 0 Å². The molecule has 1 atom stereocenters. The Morgan fingerprint density at radius 2 is 1.41 bits per heavy atom. The van der Waals surface area contributed by atoms with E-state index in [0.717, 1.165) is 50.7 Å². The minimum atomic E-state index is -4.48. The first-order valence-corrected chi connectivity index (χ1v) is 14.3. The van der Waals surface area contributed by atoms with E-state index in [1.54, 1.807) is 42.5 Å². The minimum Gasteiger partial charge on any atom is -0.467 e. The van der Waals surface area contributed by atoms with Gasteiger partial charge in [-0.15, -0.1) is 0 Å². The number of methoxy groups -OCH3 is 2. The second kappa shape index (κ2) is 11.3. The van der Waals surface area contributed by atoms with E-state index in [4.69, 9.17) is 9.47 Å². The van der Waals surface area contributed by atoms with Crippen LogP contribution >= 0.6 is 15.9 Å². The van der Waals surface area contributed by atoms with Crippen LogP contribution in [0.1, 0.15) is 34.0 Å². The maximum atomic E-state index is 14.4. The molecule has 8 nitrogen and oxygen atoms in total. The highest BCUT2D eigenvalue weighted by molar-refractivity contribution is 9.10. The molecule has 0 aliphatic rings. The Kier molecular flexibility index (Phi) is 8.29. The van der Waals surface area contributed by atoms with Crippen LogP contribution in [0.2, 0.25) is 0 Å². The van der Waals surface area contributed by atoms with Crippen LogP contribution in [0, 0.1) is 20.8 Å². The van der Waals surface area contributed by atoms with Gasteiger partial charge in [0.1, 0.15) is 0 Å². The lowest BCUT2D eigenvalue weighted by molar-refractivity contribution is -0.158. The molecule has 0 aliphatic heterocycles. The molecule has 0 radical (unpaired) electrons. The first-order chi connectivity index (χ1) is 18.5. The van der Waals surface area contributed by atoms with Crippen molar-refractivity contribution in [3.63, 3.8) is 0 Å². The summed E-state index contributed by atoms with van der Waals surface area (Å²) in [6.45, 7) is 5.79. The lowest BCUT2D eigenvalue weighted by Gasteiger charge is -2.35. The average molecular weight is 614 g/mol. The number of carbonyl (C=O) groups excluding carboxylic acids is 2. The number of sulfonamides is 1. The highest BCUT2D eigenvalue weighted by atomic mass is 79.9. The molecule has 39 heavy (non-hydrogen) atoms. The molecule has 1 heterocycles. The van der Waals surface area contributed by atoms with Gasteiger partial charge in [0, 0.05) is 21.1 Å². The number of benzene rings is 3. The minimum absolute atomic E-state index is 0.0827. The largest absolute Gasteiger partial charge is 0.467 e. The van der Waals surface area contributed by atoms with E-state index in [9.17, 15) is 18.0 Å². The summed E-state index contributed by atoms with van der Waals surface area (Å²) in [5.74, 6) is -2.13. The Morgan fingerprint density at radius 3 is 1.97 bits per heavy atom. The Labute approximate surface area is 236 Å². The van der Waals surface area contributed by atoms with Gasteiger partial charge in [-0.25, -0.2) is 18.0 Å². The van der Waals surface area contributed by atoms with E-state index in [2.05, 4.69) is 20.9 Å². The summed E-state index contributed by atoms with van der Waals surface area (Å²) in [5.41, 5.74) is 4.78. The fourth-order valence-corrected chi connectivity index (χ4v) is 6.54. The van der Waals surface area contributed by atoms with E-state index in [-0.39, 0.29) is 4.90 Å². The number of ether oxygens (including phenoxy) is 2. The number of nitrogens with zero attached hydrogens (tertiary/aromatic N) is 1.